The van der Waals surface area contributed by atoms with E-state index in [0.29, 0.717) is 6.04 Å². The topological polar surface area (TPSA) is 29.3 Å². The molecule has 0 aromatic rings. The smallest absolute Gasteiger partial charge is 0.0166 e. The highest BCUT2D eigenvalue weighted by molar-refractivity contribution is 4.89. The van der Waals surface area contributed by atoms with E-state index in [2.05, 4.69) is 25.8 Å². The molecule has 1 unspecified atom stereocenters. The van der Waals surface area contributed by atoms with Crippen LogP contribution in [0.15, 0.2) is 0 Å². The molecular formula is C12H26N2. The molecule has 84 valence electrons. The maximum absolute atomic E-state index is 6.32. The third-order valence-corrected chi connectivity index (χ3v) is 3.91. The molecule has 14 heavy (non-hydrogen) atoms. The summed E-state index contributed by atoms with van der Waals surface area (Å²) in [5.74, 6) is 0. The number of rotatable bonds is 5. The molecule has 0 amide bonds. The Kier molecular flexibility index (Phi) is 4.39. The van der Waals surface area contributed by atoms with E-state index in [1.54, 1.807) is 0 Å². The van der Waals surface area contributed by atoms with Gasteiger partial charge in [0.1, 0.15) is 0 Å². The second-order valence-corrected chi connectivity index (χ2v) is 5.06. The van der Waals surface area contributed by atoms with Gasteiger partial charge in [-0.25, -0.2) is 0 Å². The molecule has 0 heterocycles. The molecule has 0 bridgehead atoms. The summed E-state index contributed by atoms with van der Waals surface area (Å²) in [5.41, 5.74) is 6.49. The molecule has 2 heteroatoms. The Balaban J connectivity index is 2.25. The summed E-state index contributed by atoms with van der Waals surface area (Å²) in [4.78, 5) is 2.44. The summed E-state index contributed by atoms with van der Waals surface area (Å²) in [5, 5.41) is 0. The molecule has 0 aromatic heterocycles. The molecule has 0 spiro atoms. The van der Waals surface area contributed by atoms with E-state index >= 15 is 0 Å². The summed E-state index contributed by atoms with van der Waals surface area (Å²) in [6, 6.07) is 0.694. The maximum Gasteiger partial charge on any atom is 0.0166 e. The van der Waals surface area contributed by atoms with Crippen LogP contribution in [0.1, 0.15) is 52.4 Å². The zero-order chi connectivity index (χ0) is 10.6. The lowest BCUT2D eigenvalue weighted by atomic mass is 9.94. The molecule has 0 saturated heterocycles. The summed E-state index contributed by atoms with van der Waals surface area (Å²) in [6.07, 6.45) is 7.55. The fourth-order valence-electron chi connectivity index (χ4n) is 2.26. The van der Waals surface area contributed by atoms with Crippen LogP contribution in [-0.2, 0) is 0 Å². The van der Waals surface area contributed by atoms with E-state index < -0.39 is 0 Å². The Hall–Kier alpha value is -0.0800. The Morgan fingerprint density at radius 1 is 1.36 bits per heavy atom. The van der Waals surface area contributed by atoms with Crippen LogP contribution in [0.25, 0.3) is 0 Å². The molecule has 0 radical (unpaired) electrons. The molecule has 1 aliphatic carbocycles. The number of nitrogens with zero attached hydrogens (tertiary/aromatic N) is 1. The fraction of sp³-hybridized carbons (Fsp3) is 1.00. The largest absolute Gasteiger partial charge is 0.325 e. The number of nitrogens with two attached hydrogens (primary N) is 1. The van der Waals surface area contributed by atoms with Crippen LogP contribution in [0.5, 0.6) is 0 Å². The first kappa shape index (κ1) is 12.0. The predicted octanol–water partition coefficient (Wildman–Crippen LogP) is 2.38. The lowest BCUT2D eigenvalue weighted by molar-refractivity contribution is 0.222. The van der Waals surface area contributed by atoms with Crippen molar-refractivity contribution in [2.24, 2.45) is 5.73 Å². The van der Waals surface area contributed by atoms with Crippen molar-refractivity contribution in [3.63, 3.8) is 0 Å². The summed E-state index contributed by atoms with van der Waals surface area (Å²) in [6.45, 7) is 5.69. The minimum atomic E-state index is 0.168. The average molecular weight is 198 g/mol. The molecule has 0 aromatic carbocycles. The second-order valence-electron chi connectivity index (χ2n) is 5.06. The highest BCUT2D eigenvalue weighted by Crippen LogP contribution is 2.30. The van der Waals surface area contributed by atoms with Crippen molar-refractivity contribution in [3.05, 3.63) is 0 Å². The zero-order valence-electron chi connectivity index (χ0n) is 10.1. The fourth-order valence-corrected chi connectivity index (χ4v) is 2.26. The molecule has 1 aliphatic rings. The van der Waals surface area contributed by atoms with Crippen molar-refractivity contribution >= 4 is 0 Å². The van der Waals surface area contributed by atoms with Crippen molar-refractivity contribution in [1.82, 2.24) is 4.90 Å². The molecule has 1 saturated carbocycles. The molecule has 1 fully saturated rings. The van der Waals surface area contributed by atoms with Gasteiger partial charge < -0.3 is 10.6 Å². The van der Waals surface area contributed by atoms with Crippen molar-refractivity contribution in [2.45, 2.75) is 64.0 Å². The van der Waals surface area contributed by atoms with Gasteiger partial charge in [0.05, 0.1) is 0 Å². The molecule has 1 atom stereocenters. The second kappa shape index (κ2) is 5.13. The molecule has 2 nitrogen and oxygen atoms in total. The molecule has 2 N–H and O–H groups in total. The number of hydrogen-bond acceptors (Lipinski definition) is 2. The summed E-state index contributed by atoms with van der Waals surface area (Å²) >= 11 is 0. The molecular weight excluding hydrogens is 172 g/mol. The Labute approximate surface area is 88.8 Å². The quantitative estimate of drug-likeness (QED) is 0.735. The van der Waals surface area contributed by atoms with Gasteiger partial charge in [-0.15, -0.1) is 0 Å². The first-order chi connectivity index (χ1) is 6.57. The van der Waals surface area contributed by atoms with E-state index in [1.165, 1.54) is 38.5 Å². The average Bonchev–Trinajstić information content (AvgIpc) is 2.61. The van der Waals surface area contributed by atoms with Gasteiger partial charge in [-0.3, -0.25) is 0 Å². The van der Waals surface area contributed by atoms with Crippen molar-refractivity contribution in [2.75, 3.05) is 13.6 Å². The van der Waals surface area contributed by atoms with Crippen LogP contribution < -0.4 is 5.73 Å². The van der Waals surface area contributed by atoms with Crippen molar-refractivity contribution in [1.29, 1.82) is 0 Å². The van der Waals surface area contributed by atoms with Crippen molar-refractivity contribution < 1.29 is 0 Å². The van der Waals surface area contributed by atoms with Gasteiger partial charge in [-0.05, 0) is 46.2 Å². The van der Waals surface area contributed by atoms with Crippen LogP contribution in [0.4, 0.5) is 0 Å². The van der Waals surface area contributed by atoms with Gasteiger partial charge in [0.15, 0.2) is 0 Å². The van der Waals surface area contributed by atoms with Gasteiger partial charge in [-0.2, -0.15) is 0 Å². The predicted molar refractivity (Wildman–Crippen MR) is 62.4 cm³/mol. The third-order valence-electron chi connectivity index (χ3n) is 3.91. The summed E-state index contributed by atoms with van der Waals surface area (Å²) in [7, 11) is 2.21. The zero-order valence-corrected chi connectivity index (χ0v) is 10.1. The summed E-state index contributed by atoms with van der Waals surface area (Å²) < 4.78 is 0. The number of hydrogen-bond donors (Lipinski definition) is 1. The SMILES string of the molecule is CCC(C)N(C)CCC1(N)CCCC1. The molecule has 1 rings (SSSR count). The van der Waals surface area contributed by atoms with Gasteiger partial charge >= 0.3 is 0 Å². The minimum absolute atomic E-state index is 0.168. The first-order valence-corrected chi connectivity index (χ1v) is 6.06. The highest BCUT2D eigenvalue weighted by atomic mass is 15.1. The van der Waals surface area contributed by atoms with Crippen LogP contribution in [-0.4, -0.2) is 30.1 Å². The Morgan fingerprint density at radius 3 is 2.43 bits per heavy atom. The van der Waals surface area contributed by atoms with Gasteiger partial charge in [0, 0.05) is 11.6 Å². The monoisotopic (exact) mass is 198 g/mol. The lowest BCUT2D eigenvalue weighted by Crippen LogP contribution is -2.41. The van der Waals surface area contributed by atoms with Crippen molar-refractivity contribution in [3.8, 4) is 0 Å². The van der Waals surface area contributed by atoms with Crippen LogP contribution in [0.2, 0.25) is 0 Å². The lowest BCUT2D eigenvalue weighted by Gasteiger charge is -2.29. The van der Waals surface area contributed by atoms with Gasteiger partial charge in [0.25, 0.3) is 0 Å². The van der Waals surface area contributed by atoms with Gasteiger partial charge in [0.2, 0.25) is 0 Å². The maximum atomic E-state index is 6.32. The van der Waals surface area contributed by atoms with E-state index in [4.69, 9.17) is 5.73 Å². The molecule has 0 aliphatic heterocycles. The standard InChI is InChI=1S/C12H26N2/c1-4-11(2)14(3)10-9-12(13)7-5-6-8-12/h11H,4-10,13H2,1-3H3. The third kappa shape index (κ3) is 3.25. The van der Waals surface area contributed by atoms with Gasteiger partial charge in [-0.1, -0.05) is 19.8 Å². The van der Waals surface area contributed by atoms with E-state index in [0.717, 1.165) is 6.54 Å². The first-order valence-electron chi connectivity index (χ1n) is 6.06. The van der Waals surface area contributed by atoms with E-state index in [9.17, 15) is 0 Å². The van der Waals surface area contributed by atoms with Crippen LogP contribution in [0, 0.1) is 0 Å². The Morgan fingerprint density at radius 2 is 1.93 bits per heavy atom. The van der Waals surface area contributed by atoms with E-state index in [1.807, 2.05) is 0 Å². The van der Waals surface area contributed by atoms with Crippen LogP contribution in [0.3, 0.4) is 0 Å². The highest BCUT2D eigenvalue weighted by Gasteiger charge is 2.29. The van der Waals surface area contributed by atoms with Crippen LogP contribution >= 0.6 is 0 Å². The normalized spacial score (nSPS) is 22.9. The Bertz CT molecular complexity index is 162. The minimum Gasteiger partial charge on any atom is -0.325 e. The van der Waals surface area contributed by atoms with E-state index in [-0.39, 0.29) is 5.54 Å².